The van der Waals surface area contributed by atoms with Crippen LogP contribution < -0.4 is 0 Å². The molecule has 0 spiro atoms. The molecule has 0 radical (unpaired) electrons. The summed E-state index contributed by atoms with van der Waals surface area (Å²) in [7, 11) is 0. The lowest BCUT2D eigenvalue weighted by Gasteiger charge is -2.28. The first-order valence-corrected chi connectivity index (χ1v) is 14.7. The summed E-state index contributed by atoms with van der Waals surface area (Å²) in [5.41, 5.74) is 3.87. The minimum absolute atomic E-state index is 0.860. The Morgan fingerprint density at radius 3 is 1.79 bits per heavy atom. The summed E-state index contributed by atoms with van der Waals surface area (Å²) >= 11 is 0. The van der Waals surface area contributed by atoms with Gasteiger partial charge in [-0.15, -0.1) is 0 Å². The zero-order valence-electron chi connectivity index (χ0n) is 22.2. The Balaban J connectivity index is 1.34. The number of hydrogen-bond donors (Lipinski definition) is 0. The highest BCUT2D eigenvalue weighted by Crippen LogP contribution is 2.34. The lowest BCUT2D eigenvalue weighted by Crippen LogP contribution is -2.15. The van der Waals surface area contributed by atoms with Crippen LogP contribution in [0, 0.1) is 11.8 Å². The Bertz CT molecular complexity index is 757. The van der Waals surface area contributed by atoms with Crippen molar-refractivity contribution in [3.8, 4) is 11.4 Å². The number of aryl methyl sites for hydroxylation is 2. The average Bonchev–Trinajstić information content (AvgIpc) is 2.88. The average molecular weight is 463 g/mol. The van der Waals surface area contributed by atoms with Crippen molar-refractivity contribution in [3.05, 3.63) is 47.8 Å². The van der Waals surface area contributed by atoms with E-state index >= 15 is 0 Å². The topological polar surface area (TPSA) is 25.8 Å². The molecule has 1 fully saturated rings. The van der Waals surface area contributed by atoms with Crippen LogP contribution in [-0.4, -0.2) is 9.97 Å². The SMILES string of the molecule is CCCCCCCCCc1ccc(-c2ncc(CC[C@H]3CC[C@H](CCCCC)CC3)cn2)cc1. The first-order chi connectivity index (χ1) is 16.8. The van der Waals surface area contributed by atoms with Crippen molar-refractivity contribution in [2.75, 3.05) is 0 Å². The molecular formula is C32H50N2. The molecule has 0 amide bonds. The van der Waals surface area contributed by atoms with Crippen molar-refractivity contribution in [2.45, 2.75) is 129 Å². The molecule has 0 saturated heterocycles. The predicted octanol–water partition coefficient (Wildman–Crippen LogP) is 9.76. The minimum Gasteiger partial charge on any atom is -0.236 e. The largest absolute Gasteiger partial charge is 0.236 e. The maximum absolute atomic E-state index is 4.70. The van der Waals surface area contributed by atoms with E-state index in [0.717, 1.165) is 29.6 Å². The van der Waals surface area contributed by atoms with E-state index in [1.54, 1.807) is 0 Å². The predicted molar refractivity (Wildman–Crippen MR) is 147 cm³/mol. The van der Waals surface area contributed by atoms with Gasteiger partial charge in [-0.05, 0) is 48.6 Å². The van der Waals surface area contributed by atoms with Gasteiger partial charge >= 0.3 is 0 Å². The van der Waals surface area contributed by atoms with Crippen LogP contribution in [0.25, 0.3) is 11.4 Å². The van der Waals surface area contributed by atoms with Crippen molar-refractivity contribution in [1.29, 1.82) is 0 Å². The summed E-state index contributed by atoms with van der Waals surface area (Å²) < 4.78 is 0. The lowest BCUT2D eigenvalue weighted by molar-refractivity contribution is 0.249. The smallest absolute Gasteiger partial charge is 0.159 e. The van der Waals surface area contributed by atoms with Crippen LogP contribution in [0.5, 0.6) is 0 Å². The quantitative estimate of drug-likeness (QED) is 0.232. The van der Waals surface area contributed by atoms with E-state index in [1.807, 2.05) is 0 Å². The van der Waals surface area contributed by atoms with Gasteiger partial charge in [0.15, 0.2) is 5.82 Å². The molecule has 3 rings (SSSR count). The summed E-state index contributed by atoms with van der Waals surface area (Å²) in [5, 5.41) is 0. The molecule has 0 N–H and O–H groups in total. The van der Waals surface area contributed by atoms with Crippen LogP contribution in [0.1, 0.15) is 128 Å². The van der Waals surface area contributed by atoms with Gasteiger partial charge in [0.25, 0.3) is 0 Å². The Labute approximate surface area is 210 Å². The van der Waals surface area contributed by atoms with E-state index < -0.39 is 0 Å². The molecule has 188 valence electrons. The number of unbranched alkanes of at least 4 members (excludes halogenated alkanes) is 8. The lowest BCUT2D eigenvalue weighted by atomic mass is 9.78. The van der Waals surface area contributed by atoms with Gasteiger partial charge in [-0.2, -0.15) is 0 Å². The van der Waals surface area contributed by atoms with Crippen molar-refractivity contribution in [2.24, 2.45) is 11.8 Å². The van der Waals surface area contributed by atoms with Gasteiger partial charge in [-0.3, -0.25) is 0 Å². The highest BCUT2D eigenvalue weighted by molar-refractivity contribution is 5.55. The van der Waals surface area contributed by atoms with E-state index in [9.17, 15) is 0 Å². The van der Waals surface area contributed by atoms with E-state index in [2.05, 4.69) is 50.5 Å². The molecule has 1 aromatic carbocycles. The Kier molecular flexibility index (Phi) is 12.7. The van der Waals surface area contributed by atoms with E-state index in [4.69, 9.17) is 9.97 Å². The highest BCUT2D eigenvalue weighted by atomic mass is 14.9. The zero-order valence-corrected chi connectivity index (χ0v) is 22.2. The monoisotopic (exact) mass is 462 g/mol. The maximum atomic E-state index is 4.70. The third-order valence-electron chi connectivity index (χ3n) is 8.01. The Hall–Kier alpha value is -1.70. The molecular weight excluding hydrogens is 412 g/mol. The van der Waals surface area contributed by atoms with Crippen molar-refractivity contribution in [1.82, 2.24) is 9.97 Å². The van der Waals surface area contributed by atoms with Crippen LogP contribution in [0.2, 0.25) is 0 Å². The summed E-state index contributed by atoms with van der Waals surface area (Å²) in [6.07, 6.45) is 28.8. The van der Waals surface area contributed by atoms with Gasteiger partial charge in [0.1, 0.15) is 0 Å². The van der Waals surface area contributed by atoms with Crippen LogP contribution in [-0.2, 0) is 12.8 Å². The first kappa shape index (κ1) is 26.9. The van der Waals surface area contributed by atoms with Gasteiger partial charge in [-0.25, -0.2) is 9.97 Å². The second kappa shape index (κ2) is 16.1. The summed E-state index contributed by atoms with van der Waals surface area (Å²) in [6, 6.07) is 8.93. The van der Waals surface area contributed by atoms with Crippen molar-refractivity contribution < 1.29 is 0 Å². The fraction of sp³-hybridized carbons (Fsp3) is 0.688. The number of aromatic nitrogens is 2. The first-order valence-electron chi connectivity index (χ1n) is 14.7. The molecule has 1 aliphatic rings. The van der Waals surface area contributed by atoms with Gasteiger partial charge in [0.05, 0.1) is 0 Å². The van der Waals surface area contributed by atoms with Gasteiger partial charge in [0.2, 0.25) is 0 Å². The van der Waals surface area contributed by atoms with Gasteiger partial charge < -0.3 is 0 Å². The van der Waals surface area contributed by atoms with Crippen LogP contribution in [0.3, 0.4) is 0 Å². The maximum Gasteiger partial charge on any atom is 0.159 e. The molecule has 1 saturated carbocycles. The van der Waals surface area contributed by atoms with E-state index in [1.165, 1.54) is 120 Å². The fourth-order valence-corrected chi connectivity index (χ4v) is 5.60. The van der Waals surface area contributed by atoms with Crippen LogP contribution in [0.15, 0.2) is 36.7 Å². The molecule has 0 atom stereocenters. The van der Waals surface area contributed by atoms with Crippen molar-refractivity contribution >= 4 is 0 Å². The molecule has 0 aliphatic heterocycles. The van der Waals surface area contributed by atoms with E-state index in [0.29, 0.717) is 0 Å². The number of nitrogens with zero attached hydrogens (tertiary/aromatic N) is 2. The van der Waals surface area contributed by atoms with Gasteiger partial charge in [0, 0.05) is 18.0 Å². The normalized spacial score (nSPS) is 18.3. The fourth-order valence-electron chi connectivity index (χ4n) is 5.60. The molecule has 1 heterocycles. The van der Waals surface area contributed by atoms with Crippen molar-refractivity contribution in [3.63, 3.8) is 0 Å². The summed E-state index contributed by atoms with van der Waals surface area (Å²) in [6.45, 7) is 4.59. The van der Waals surface area contributed by atoms with Gasteiger partial charge in [-0.1, -0.05) is 128 Å². The summed E-state index contributed by atoms with van der Waals surface area (Å²) in [5.74, 6) is 2.78. The summed E-state index contributed by atoms with van der Waals surface area (Å²) in [4.78, 5) is 9.39. The number of rotatable bonds is 16. The molecule has 2 heteroatoms. The molecule has 1 aliphatic carbocycles. The zero-order chi connectivity index (χ0) is 23.8. The molecule has 2 nitrogen and oxygen atoms in total. The molecule has 0 bridgehead atoms. The van der Waals surface area contributed by atoms with Crippen LogP contribution in [0.4, 0.5) is 0 Å². The molecule has 1 aromatic heterocycles. The molecule has 34 heavy (non-hydrogen) atoms. The Morgan fingerprint density at radius 2 is 1.15 bits per heavy atom. The van der Waals surface area contributed by atoms with E-state index in [-0.39, 0.29) is 0 Å². The molecule has 2 aromatic rings. The third-order valence-corrected chi connectivity index (χ3v) is 8.01. The number of benzene rings is 1. The Morgan fingerprint density at radius 1 is 0.588 bits per heavy atom. The second-order valence-corrected chi connectivity index (χ2v) is 10.9. The standard InChI is InChI=1S/C32H50N2/c1-3-5-7-8-9-10-12-14-28-21-23-31(24-22-28)32-33-25-30(26-34-32)20-19-29-17-15-27(16-18-29)13-11-6-4-2/h21-27,29H,3-20H2,1-2H3/t27-,29-. The molecule has 0 unspecified atom stereocenters. The minimum atomic E-state index is 0.860. The third kappa shape index (κ3) is 9.88. The van der Waals surface area contributed by atoms with Crippen LogP contribution >= 0.6 is 0 Å². The second-order valence-electron chi connectivity index (χ2n) is 10.9. The number of hydrogen-bond acceptors (Lipinski definition) is 2. The highest BCUT2D eigenvalue weighted by Gasteiger charge is 2.20.